The number of hydrogen-bond acceptors (Lipinski definition) is 3. The Morgan fingerprint density at radius 1 is 1.32 bits per heavy atom. The van der Waals surface area contributed by atoms with Gasteiger partial charge in [-0.05, 0) is 36.2 Å². The maximum atomic E-state index is 11.1. The SMILES string of the molecule is C/C=C1\C(=C/OC(C)=O)CC(O[Si](C)(C)C(C)(C)C)C1(C)C. The molecule has 22 heavy (non-hydrogen) atoms. The molecule has 1 aliphatic carbocycles. The van der Waals surface area contributed by atoms with Crippen LogP contribution in [0.1, 0.15) is 54.9 Å². The third-order valence-electron chi connectivity index (χ3n) is 5.15. The minimum Gasteiger partial charge on any atom is -0.434 e. The average Bonchev–Trinajstić information content (AvgIpc) is 2.55. The first-order valence-electron chi connectivity index (χ1n) is 8.04. The standard InChI is InChI=1S/C18H32O3Si/c1-10-15-14(12-20-13(2)19)11-16(18(15,6)7)21-22(8,9)17(3,4)5/h10,12,16H,11H2,1-9H3/b14-12-,15-10+. The summed E-state index contributed by atoms with van der Waals surface area (Å²) in [5.74, 6) is -0.283. The minimum absolute atomic E-state index is 0.0732. The van der Waals surface area contributed by atoms with E-state index in [1.165, 1.54) is 12.5 Å². The molecule has 1 atom stereocenters. The molecule has 1 aliphatic rings. The van der Waals surface area contributed by atoms with Crippen LogP contribution in [0.2, 0.25) is 18.1 Å². The molecule has 1 fully saturated rings. The Kier molecular flexibility index (Phi) is 5.51. The molecule has 0 saturated heterocycles. The monoisotopic (exact) mass is 324 g/mol. The van der Waals surface area contributed by atoms with Crippen LogP contribution in [-0.4, -0.2) is 20.4 Å². The highest BCUT2D eigenvalue weighted by atomic mass is 28.4. The molecule has 1 rings (SSSR count). The van der Waals surface area contributed by atoms with E-state index < -0.39 is 8.32 Å². The molecule has 1 saturated carbocycles. The van der Waals surface area contributed by atoms with Crippen molar-refractivity contribution in [2.45, 2.75) is 79.1 Å². The van der Waals surface area contributed by atoms with E-state index >= 15 is 0 Å². The zero-order chi connectivity index (χ0) is 17.3. The highest BCUT2D eigenvalue weighted by molar-refractivity contribution is 6.74. The van der Waals surface area contributed by atoms with Crippen LogP contribution >= 0.6 is 0 Å². The van der Waals surface area contributed by atoms with Crippen molar-refractivity contribution in [2.24, 2.45) is 5.41 Å². The van der Waals surface area contributed by atoms with Crippen molar-refractivity contribution < 1.29 is 14.0 Å². The lowest BCUT2D eigenvalue weighted by Gasteiger charge is -2.41. The fourth-order valence-corrected chi connectivity index (χ4v) is 4.14. The highest BCUT2D eigenvalue weighted by Crippen LogP contribution is 2.50. The van der Waals surface area contributed by atoms with Gasteiger partial charge in [-0.25, -0.2) is 0 Å². The van der Waals surface area contributed by atoms with Crippen LogP contribution in [0, 0.1) is 5.41 Å². The van der Waals surface area contributed by atoms with Crippen LogP contribution in [0.5, 0.6) is 0 Å². The van der Waals surface area contributed by atoms with Gasteiger partial charge in [0.25, 0.3) is 0 Å². The predicted octanol–water partition coefficient (Wildman–Crippen LogP) is 5.20. The summed E-state index contributed by atoms with van der Waals surface area (Å²) < 4.78 is 11.8. The first-order chi connectivity index (χ1) is 9.83. The van der Waals surface area contributed by atoms with E-state index in [0.717, 1.165) is 12.0 Å². The Labute approximate surface area is 136 Å². The molecule has 0 aromatic rings. The van der Waals surface area contributed by atoms with E-state index in [1.54, 1.807) is 6.26 Å². The topological polar surface area (TPSA) is 35.5 Å². The lowest BCUT2D eigenvalue weighted by Crippen LogP contribution is -2.46. The predicted molar refractivity (Wildman–Crippen MR) is 94.1 cm³/mol. The third-order valence-corrected chi connectivity index (χ3v) is 9.64. The zero-order valence-electron chi connectivity index (χ0n) is 15.7. The van der Waals surface area contributed by atoms with E-state index in [9.17, 15) is 4.79 Å². The highest BCUT2D eigenvalue weighted by Gasteiger charge is 2.48. The third kappa shape index (κ3) is 3.90. The quantitative estimate of drug-likeness (QED) is 0.406. The number of hydrogen-bond donors (Lipinski definition) is 0. The second kappa shape index (κ2) is 6.32. The molecule has 0 spiro atoms. The fourth-order valence-electron chi connectivity index (χ4n) is 2.70. The van der Waals surface area contributed by atoms with E-state index in [1.807, 2.05) is 6.92 Å². The number of esters is 1. The molecule has 0 aromatic carbocycles. The summed E-state index contributed by atoms with van der Waals surface area (Å²) in [6.07, 6.45) is 4.65. The maximum Gasteiger partial charge on any atom is 0.307 e. The molecular weight excluding hydrogens is 292 g/mol. The zero-order valence-corrected chi connectivity index (χ0v) is 16.7. The number of carbonyl (C=O) groups excluding carboxylic acids is 1. The van der Waals surface area contributed by atoms with Gasteiger partial charge in [0.15, 0.2) is 8.32 Å². The molecule has 0 aromatic heterocycles. The van der Waals surface area contributed by atoms with Crippen LogP contribution in [0.3, 0.4) is 0 Å². The number of ether oxygens (including phenoxy) is 1. The Hall–Kier alpha value is -0.873. The minimum atomic E-state index is -1.84. The second-order valence-corrected chi connectivity index (χ2v) is 13.0. The van der Waals surface area contributed by atoms with Gasteiger partial charge in [0, 0.05) is 18.8 Å². The summed E-state index contributed by atoms with van der Waals surface area (Å²) in [5.41, 5.74) is 2.22. The number of allylic oxidation sites excluding steroid dienone is 1. The molecule has 0 heterocycles. The molecule has 4 heteroatoms. The largest absolute Gasteiger partial charge is 0.434 e. The second-order valence-electron chi connectivity index (χ2n) is 8.25. The lowest BCUT2D eigenvalue weighted by atomic mass is 9.84. The van der Waals surface area contributed by atoms with Crippen LogP contribution in [0.15, 0.2) is 23.5 Å². The van der Waals surface area contributed by atoms with Gasteiger partial charge in [0.2, 0.25) is 0 Å². The first kappa shape index (κ1) is 19.2. The summed E-state index contributed by atoms with van der Waals surface area (Å²) in [7, 11) is -1.84. The molecular formula is C18H32O3Si. The van der Waals surface area contributed by atoms with Crippen molar-refractivity contribution in [1.82, 2.24) is 0 Å². The Bertz CT molecular complexity index is 493. The van der Waals surface area contributed by atoms with E-state index in [2.05, 4.69) is 53.8 Å². The number of rotatable bonds is 3. The van der Waals surface area contributed by atoms with Crippen LogP contribution in [-0.2, 0) is 14.0 Å². The van der Waals surface area contributed by atoms with Gasteiger partial charge < -0.3 is 9.16 Å². The Morgan fingerprint density at radius 2 is 1.86 bits per heavy atom. The van der Waals surface area contributed by atoms with Gasteiger partial charge in [0.1, 0.15) is 0 Å². The molecule has 126 valence electrons. The van der Waals surface area contributed by atoms with Crippen molar-refractivity contribution in [2.75, 3.05) is 0 Å². The molecule has 0 N–H and O–H groups in total. The van der Waals surface area contributed by atoms with Crippen LogP contribution in [0.4, 0.5) is 0 Å². The van der Waals surface area contributed by atoms with Gasteiger partial charge >= 0.3 is 5.97 Å². The van der Waals surface area contributed by atoms with E-state index in [-0.39, 0.29) is 22.5 Å². The molecule has 3 nitrogen and oxygen atoms in total. The maximum absolute atomic E-state index is 11.1. The van der Waals surface area contributed by atoms with Gasteiger partial charge in [0.05, 0.1) is 12.4 Å². The average molecular weight is 325 g/mol. The summed E-state index contributed by atoms with van der Waals surface area (Å²) >= 11 is 0. The molecule has 0 bridgehead atoms. The molecule has 0 radical (unpaired) electrons. The van der Waals surface area contributed by atoms with E-state index in [0.29, 0.717) is 0 Å². The first-order valence-corrected chi connectivity index (χ1v) is 10.9. The Morgan fingerprint density at radius 3 is 2.27 bits per heavy atom. The van der Waals surface area contributed by atoms with Crippen molar-refractivity contribution in [1.29, 1.82) is 0 Å². The smallest absolute Gasteiger partial charge is 0.307 e. The summed E-state index contributed by atoms with van der Waals surface area (Å²) in [4.78, 5) is 11.1. The van der Waals surface area contributed by atoms with Crippen molar-refractivity contribution >= 4 is 14.3 Å². The van der Waals surface area contributed by atoms with E-state index in [4.69, 9.17) is 9.16 Å². The normalized spacial score (nSPS) is 25.8. The lowest BCUT2D eigenvalue weighted by molar-refractivity contribution is -0.135. The van der Waals surface area contributed by atoms with Gasteiger partial charge in [-0.2, -0.15) is 0 Å². The summed E-state index contributed by atoms with van der Waals surface area (Å²) in [6, 6.07) is 0. The van der Waals surface area contributed by atoms with Gasteiger partial charge in [-0.3, -0.25) is 4.79 Å². The van der Waals surface area contributed by atoms with Gasteiger partial charge in [-0.15, -0.1) is 0 Å². The van der Waals surface area contributed by atoms with Gasteiger partial charge in [-0.1, -0.05) is 40.7 Å². The van der Waals surface area contributed by atoms with Crippen molar-refractivity contribution in [3.8, 4) is 0 Å². The molecule has 1 unspecified atom stereocenters. The molecule has 0 amide bonds. The Balaban J connectivity index is 3.09. The number of carbonyl (C=O) groups is 1. The summed E-state index contributed by atoms with van der Waals surface area (Å²) in [5, 5.41) is 0.182. The van der Waals surface area contributed by atoms with Crippen LogP contribution < -0.4 is 0 Å². The van der Waals surface area contributed by atoms with Crippen molar-refractivity contribution in [3.05, 3.63) is 23.5 Å². The van der Waals surface area contributed by atoms with Crippen LogP contribution in [0.25, 0.3) is 0 Å². The summed E-state index contributed by atoms with van der Waals surface area (Å²) in [6.45, 7) is 19.2. The fraction of sp³-hybridized carbons (Fsp3) is 0.722. The van der Waals surface area contributed by atoms with Crippen molar-refractivity contribution in [3.63, 3.8) is 0 Å². The molecule has 0 aliphatic heterocycles.